The zero-order valence-electron chi connectivity index (χ0n) is 6.41. The predicted molar refractivity (Wildman–Crippen MR) is 29.8 cm³/mol. The summed E-state index contributed by atoms with van der Waals surface area (Å²) in [6, 6.07) is 0. The third-order valence-electron chi connectivity index (χ3n) is 0.762. The van der Waals surface area contributed by atoms with Crippen molar-refractivity contribution in [2.24, 2.45) is 0 Å². The number of hydrogen-bond acceptors (Lipinski definition) is 0. The highest BCUT2D eigenvalue weighted by molar-refractivity contribution is 4.31. The summed E-state index contributed by atoms with van der Waals surface area (Å²) >= 11 is 0. The van der Waals surface area contributed by atoms with Crippen molar-refractivity contribution in [2.45, 2.75) is 39.5 Å². The van der Waals surface area contributed by atoms with Crippen molar-refractivity contribution in [3.05, 3.63) is 0 Å². The predicted octanol–water partition coefficient (Wildman–Crippen LogP) is 2.59. The lowest BCUT2D eigenvalue weighted by Crippen LogP contribution is -1.66. The molecule has 0 fully saturated rings. The second-order valence-electron chi connectivity index (χ2n) is 1.43. The Hall–Kier alpha value is 0. The monoisotopic (exact) mass is 88.1 g/mol. The summed E-state index contributed by atoms with van der Waals surface area (Å²) in [4.78, 5) is 0. The first-order valence-corrected chi connectivity index (χ1v) is 2.52. The molecule has 0 spiro atoms. The van der Waals surface area contributed by atoms with Crippen LogP contribution in [0, 0.1) is 0 Å². The molecule has 0 saturated heterocycles. The minimum absolute atomic E-state index is 0.130. The van der Waals surface area contributed by atoms with Crippen LogP contribution in [-0.2, 0) is 0 Å². The Morgan fingerprint density at radius 2 is 2.50 bits per heavy atom. The lowest BCUT2D eigenvalue weighted by molar-refractivity contribution is 0.702. The lowest BCUT2D eigenvalue weighted by atomic mass is 10.2. The van der Waals surface area contributed by atoms with Gasteiger partial charge in [-0.15, -0.1) is 0 Å². The molecule has 0 aromatic carbocycles. The standard InChI is InChI=1S/C6H14/c1-3-5-6-4-2/h3-6H2,1-2H3/i1D,3D. The molecule has 38 valence electrons. The summed E-state index contributed by atoms with van der Waals surface area (Å²) in [7, 11) is 0. The van der Waals surface area contributed by atoms with E-state index in [2.05, 4.69) is 6.92 Å². The summed E-state index contributed by atoms with van der Waals surface area (Å²) < 4.78 is 13.9. The Balaban J connectivity index is 2.86. The highest BCUT2D eigenvalue weighted by Gasteiger charge is 1.75. The molecule has 0 rings (SSSR count). The Morgan fingerprint density at radius 1 is 1.67 bits per heavy atom. The largest absolute Gasteiger partial charge is 0.0654 e. The molecule has 0 heteroatoms. The summed E-state index contributed by atoms with van der Waals surface area (Å²) in [5.41, 5.74) is 0. The van der Waals surface area contributed by atoms with Crippen LogP contribution in [0.15, 0.2) is 0 Å². The van der Waals surface area contributed by atoms with E-state index in [-0.39, 0.29) is 13.3 Å². The molecule has 0 amide bonds. The van der Waals surface area contributed by atoms with E-state index in [9.17, 15) is 0 Å². The maximum absolute atomic E-state index is 7.14. The van der Waals surface area contributed by atoms with Crippen LogP contribution in [0.4, 0.5) is 0 Å². The maximum Gasteiger partial charge on any atom is 0.0264 e. The fraction of sp³-hybridized carbons (Fsp3) is 1.00. The van der Waals surface area contributed by atoms with E-state index >= 15 is 0 Å². The van der Waals surface area contributed by atoms with E-state index in [4.69, 9.17) is 2.74 Å². The van der Waals surface area contributed by atoms with Crippen LogP contribution in [0.1, 0.15) is 42.2 Å². The van der Waals surface area contributed by atoms with Crippen molar-refractivity contribution in [3.63, 3.8) is 0 Å². The Kier molecular flexibility index (Phi) is 2.55. The quantitative estimate of drug-likeness (QED) is 0.497. The van der Waals surface area contributed by atoms with Gasteiger partial charge in [0.05, 0.1) is 0 Å². The topological polar surface area (TPSA) is 0 Å². The van der Waals surface area contributed by atoms with E-state index in [1.165, 1.54) is 0 Å². The summed E-state index contributed by atoms with van der Waals surface area (Å²) in [6.45, 7) is 2.37. The van der Waals surface area contributed by atoms with Gasteiger partial charge in [0.15, 0.2) is 0 Å². The van der Waals surface area contributed by atoms with E-state index in [1.54, 1.807) is 0 Å². The second-order valence-corrected chi connectivity index (χ2v) is 1.43. The van der Waals surface area contributed by atoms with E-state index < -0.39 is 0 Å². The number of hydrogen-bond donors (Lipinski definition) is 0. The zero-order chi connectivity index (χ0) is 6.41. The van der Waals surface area contributed by atoms with Gasteiger partial charge in [-0.05, 0) is 0 Å². The molecule has 0 N–H and O–H groups in total. The first-order chi connectivity index (χ1) is 3.81. The minimum Gasteiger partial charge on any atom is -0.0654 e. The fourth-order valence-electron chi connectivity index (χ4n) is 0.348. The minimum atomic E-state index is -0.130. The van der Waals surface area contributed by atoms with Crippen LogP contribution in [0.2, 0.25) is 0 Å². The van der Waals surface area contributed by atoms with E-state index in [0.717, 1.165) is 19.3 Å². The number of unbranched alkanes of at least 4 members (excludes halogenated alkanes) is 1. The van der Waals surface area contributed by atoms with Gasteiger partial charge in [0.25, 0.3) is 0 Å². The molecule has 1 atom stereocenters. The molecule has 0 aromatic rings. The molecule has 0 heterocycles. The summed E-state index contributed by atoms with van der Waals surface area (Å²) in [5, 5.41) is 0. The van der Waals surface area contributed by atoms with Gasteiger partial charge < -0.3 is 0 Å². The third-order valence-corrected chi connectivity index (χ3v) is 0.762. The van der Waals surface area contributed by atoms with Gasteiger partial charge in [0, 0.05) is 2.74 Å². The summed E-state index contributed by atoms with van der Waals surface area (Å²) in [6.07, 6.45) is 3.03. The first kappa shape index (κ1) is 3.06. The fourth-order valence-corrected chi connectivity index (χ4v) is 0.348. The van der Waals surface area contributed by atoms with Gasteiger partial charge in [-0.2, -0.15) is 0 Å². The van der Waals surface area contributed by atoms with Gasteiger partial charge in [-0.3, -0.25) is 0 Å². The van der Waals surface area contributed by atoms with Crippen molar-refractivity contribution in [2.75, 3.05) is 0 Å². The van der Waals surface area contributed by atoms with Crippen molar-refractivity contribution >= 4 is 0 Å². The first-order valence-electron chi connectivity index (χ1n) is 3.81. The maximum atomic E-state index is 7.14. The van der Waals surface area contributed by atoms with Gasteiger partial charge in [0.1, 0.15) is 0 Å². The highest BCUT2D eigenvalue weighted by Crippen LogP contribution is 1.95. The molecule has 0 bridgehead atoms. The normalized spacial score (nSPS) is 18.8. The smallest absolute Gasteiger partial charge is 0.0264 e. The third kappa shape index (κ3) is 4.00. The van der Waals surface area contributed by atoms with Crippen LogP contribution < -0.4 is 0 Å². The van der Waals surface area contributed by atoms with Crippen LogP contribution in [0.3, 0.4) is 0 Å². The van der Waals surface area contributed by atoms with E-state index in [0.29, 0.717) is 0 Å². The van der Waals surface area contributed by atoms with Crippen molar-refractivity contribution in [1.29, 1.82) is 0 Å². The molecular weight excluding hydrogens is 72.1 g/mol. The molecule has 1 unspecified atom stereocenters. The Bertz CT molecular complexity index is 45.8. The lowest BCUT2D eigenvalue weighted by Gasteiger charge is -1.86. The molecular formula is C6H14. The van der Waals surface area contributed by atoms with Crippen molar-refractivity contribution in [1.82, 2.24) is 0 Å². The van der Waals surface area contributed by atoms with Crippen LogP contribution in [0.25, 0.3) is 0 Å². The Morgan fingerprint density at radius 3 is 3.00 bits per heavy atom. The van der Waals surface area contributed by atoms with Gasteiger partial charge >= 0.3 is 0 Å². The molecule has 0 aliphatic heterocycles. The molecule has 0 aliphatic rings. The van der Waals surface area contributed by atoms with Crippen LogP contribution >= 0.6 is 0 Å². The molecule has 0 aliphatic carbocycles. The van der Waals surface area contributed by atoms with E-state index in [1.807, 2.05) is 0 Å². The molecule has 6 heavy (non-hydrogen) atoms. The van der Waals surface area contributed by atoms with Gasteiger partial charge in [-0.1, -0.05) is 39.5 Å². The molecule has 0 saturated carbocycles. The van der Waals surface area contributed by atoms with Crippen LogP contribution in [-0.4, -0.2) is 0 Å². The molecule has 0 radical (unpaired) electrons. The Labute approximate surface area is 43.4 Å². The average Bonchev–Trinajstić information content (AvgIpc) is 1.83. The molecule has 0 aromatic heterocycles. The SMILES string of the molecule is [2H]CC([2H])CCCC. The second kappa shape index (κ2) is 5.00. The number of rotatable bonds is 3. The average molecular weight is 88.2 g/mol. The highest BCUT2D eigenvalue weighted by atomic mass is 13.8. The summed E-state index contributed by atoms with van der Waals surface area (Å²) in [5.74, 6) is 0. The van der Waals surface area contributed by atoms with Gasteiger partial charge in [-0.25, -0.2) is 0 Å². The van der Waals surface area contributed by atoms with Crippen molar-refractivity contribution < 1.29 is 2.74 Å². The van der Waals surface area contributed by atoms with Gasteiger partial charge in [0.2, 0.25) is 0 Å². The molecule has 0 nitrogen and oxygen atoms in total. The zero-order valence-corrected chi connectivity index (χ0v) is 4.41. The van der Waals surface area contributed by atoms with Crippen LogP contribution in [0.5, 0.6) is 0 Å². The van der Waals surface area contributed by atoms with Crippen molar-refractivity contribution in [3.8, 4) is 0 Å².